The van der Waals surface area contributed by atoms with Crippen LogP contribution in [0.3, 0.4) is 0 Å². The van der Waals surface area contributed by atoms with Crippen molar-refractivity contribution in [2.45, 2.75) is 24.6 Å². The number of hydrogen-bond donors (Lipinski definition) is 3. The Morgan fingerprint density at radius 2 is 1.58 bits per heavy atom. The van der Waals surface area contributed by atoms with Crippen LogP contribution in [-0.4, -0.2) is 41.9 Å². The Hall–Kier alpha value is -4.18. The smallest absolute Gasteiger partial charge is 0.416 e. The van der Waals surface area contributed by atoms with Crippen molar-refractivity contribution in [1.82, 2.24) is 10.6 Å². The Labute approximate surface area is 216 Å². The fourth-order valence-corrected chi connectivity index (χ4v) is 4.48. The monoisotopic (exact) mass is 526 g/mol. The van der Waals surface area contributed by atoms with E-state index in [4.69, 9.17) is 4.74 Å². The summed E-state index contributed by atoms with van der Waals surface area (Å²) in [6.45, 7) is -0.174. The third kappa shape index (κ3) is 6.57. The molecule has 4 rings (SSSR count). The number of Topliss-reactive ketones (excluding diaryl/α,β-unsaturated/α-hetero) is 1. The molecule has 0 spiro atoms. The van der Waals surface area contributed by atoms with Gasteiger partial charge in [-0.3, -0.25) is 14.4 Å². The highest BCUT2D eigenvalue weighted by molar-refractivity contribution is 5.98. The Morgan fingerprint density at radius 1 is 0.947 bits per heavy atom. The summed E-state index contributed by atoms with van der Waals surface area (Å²) in [6, 6.07) is 18.8. The molecule has 1 fully saturated rings. The molecule has 0 bridgehead atoms. The molecule has 38 heavy (non-hydrogen) atoms. The Balaban J connectivity index is 1.44. The van der Waals surface area contributed by atoms with Crippen LogP contribution in [0.1, 0.15) is 33.8 Å². The van der Waals surface area contributed by atoms with Gasteiger partial charge < -0.3 is 20.5 Å². The number of nitrogens with one attached hydrogen (secondary N) is 2. The number of hydrogen-bond acceptors (Lipinski definition) is 5. The van der Waals surface area contributed by atoms with Crippen LogP contribution in [0, 0.1) is 5.92 Å². The molecule has 0 aromatic heterocycles. The van der Waals surface area contributed by atoms with Gasteiger partial charge in [0.1, 0.15) is 17.5 Å². The van der Waals surface area contributed by atoms with Crippen LogP contribution in [0.2, 0.25) is 0 Å². The van der Waals surface area contributed by atoms with Gasteiger partial charge in [-0.2, -0.15) is 13.2 Å². The summed E-state index contributed by atoms with van der Waals surface area (Å²) in [7, 11) is 0. The summed E-state index contributed by atoms with van der Waals surface area (Å²) in [5.74, 6) is -2.21. The molecule has 0 radical (unpaired) electrons. The number of amides is 1. The van der Waals surface area contributed by atoms with Gasteiger partial charge in [0.05, 0.1) is 12.1 Å². The lowest BCUT2D eigenvalue weighted by molar-refractivity contribution is -0.139. The SMILES string of the molecule is O=C(NCC(=O)C(c1ccc(C(F)(F)F)cc1)C1CNC(C(=O)O)C1)c1ccc(Oc2ccccc2)cc1. The van der Waals surface area contributed by atoms with Gasteiger partial charge in [0.25, 0.3) is 5.91 Å². The van der Waals surface area contributed by atoms with Gasteiger partial charge in [-0.1, -0.05) is 30.3 Å². The molecule has 3 atom stereocenters. The third-order valence-electron chi connectivity index (χ3n) is 6.40. The highest BCUT2D eigenvalue weighted by Crippen LogP contribution is 2.35. The predicted octanol–water partition coefficient (Wildman–Crippen LogP) is 4.64. The van der Waals surface area contributed by atoms with Gasteiger partial charge in [0, 0.05) is 11.5 Å². The topological polar surface area (TPSA) is 105 Å². The van der Waals surface area contributed by atoms with Crippen molar-refractivity contribution in [3.8, 4) is 11.5 Å². The lowest BCUT2D eigenvalue weighted by atomic mass is 9.81. The van der Waals surface area contributed by atoms with Crippen molar-refractivity contribution in [3.63, 3.8) is 0 Å². The molecule has 10 heteroatoms. The van der Waals surface area contributed by atoms with Crippen LogP contribution in [-0.2, 0) is 15.8 Å². The van der Waals surface area contributed by atoms with Crippen LogP contribution >= 0.6 is 0 Å². The zero-order valence-corrected chi connectivity index (χ0v) is 20.1. The maximum Gasteiger partial charge on any atom is 0.416 e. The summed E-state index contributed by atoms with van der Waals surface area (Å²) in [5.41, 5.74) is -0.233. The number of aliphatic carboxylic acids is 1. The number of benzene rings is 3. The van der Waals surface area contributed by atoms with E-state index in [1.54, 1.807) is 36.4 Å². The van der Waals surface area contributed by atoms with Crippen molar-refractivity contribution in [3.05, 3.63) is 95.6 Å². The Bertz CT molecular complexity index is 1280. The second-order valence-corrected chi connectivity index (χ2v) is 8.98. The second kappa shape index (κ2) is 11.5. The van der Waals surface area contributed by atoms with E-state index in [9.17, 15) is 32.7 Å². The van der Waals surface area contributed by atoms with Crippen molar-refractivity contribution < 1.29 is 37.4 Å². The predicted molar refractivity (Wildman–Crippen MR) is 132 cm³/mol. The van der Waals surface area contributed by atoms with Gasteiger partial charge >= 0.3 is 12.1 Å². The number of halogens is 3. The molecule has 3 N–H and O–H groups in total. The number of carbonyl (C=O) groups excluding carboxylic acids is 2. The van der Waals surface area contributed by atoms with Crippen LogP contribution < -0.4 is 15.4 Å². The number of carboxylic acid groups (broad SMARTS) is 1. The lowest BCUT2D eigenvalue weighted by Gasteiger charge is -2.23. The fraction of sp³-hybridized carbons (Fsp3) is 0.250. The molecular weight excluding hydrogens is 501 g/mol. The fourth-order valence-electron chi connectivity index (χ4n) is 4.48. The number of rotatable bonds is 9. The van der Waals surface area contributed by atoms with Crippen molar-refractivity contribution >= 4 is 17.7 Å². The molecule has 1 aliphatic rings. The van der Waals surface area contributed by atoms with Gasteiger partial charge in [-0.15, -0.1) is 0 Å². The van der Waals surface area contributed by atoms with Crippen LogP contribution in [0.15, 0.2) is 78.9 Å². The number of para-hydroxylation sites is 1. The van der Waals surface area contributed by atoms with Crippen molar-refractivity contribution in [1.29, 1.82) is 0 Å². The minimum atomic E-state index is -4.53. The molecule has 1 saturated heterocycles. The van der Waals surface area contributed by atoms with Crippen molar-refractivity contribution in [2.24, 2.45) is 5.92 Å². The van der Waals surface area contributed by atoms with Crippen LogP contribution in [0.4, 0.5) is 13.2 Å². The first-order valence-electron chi connectivity index (χ1n) is 11.9. The standard InChI is InChI=1S/C28H25F3N2O5/c29-28(30,31)20-10-6-17(7-11-20)25(19-14-23(27(36)37)32-15-19)24(34)16-33-26(35)18-8-12-22(13-9-18)38-21-4-2-1-3-5-21/h1-13,19,23,25,32H,14-16H2,(H,33,35)(H,36,37). The van der Waals surface area contributed by atoms with E-state index < -0.39 is 47.3 Å². The zero-order chi connectivity index (χ0) is 27.3. The molecule has 1 aliphatic heterocycles. The third-order valence-corrected chi connectivity index (χ3v) is 6.40. The quantitative estimate of drug-likeness (QED) is 0.375. The van der Waals surface area contributed by atoms with E-state index in [1.165, 1.54) is 12.1 Å². The van der Waals surface area contributed by atoms with Gasteiger partial charge in [-0.05, 0) is 73.0 Å². The summed E-state index contributed by atoms with van der Waals surface area (Å²) in [6.07, 6.45) is -4.40. The summed E-state index contributed by atoms with van der Waals surface area (Å²) >= 11 is 0. The number of ketones is 1. The first kappa shape index (κ1) is 26.9. The average molecular weight is 527 g/mol. The maximum absolute atomic E-state index is 13.2. The average Bonchev–Trinajstić information content (AvgIpc) is 3.38. The number of alkyl halides is 3. The highest BCUT2D eigenvalue weighted by Gasteiger charge is 2.38. The molecule has 3 aromatic carbocycles. The van der Waals surface area contributed by atoms with E-state index in [0.717, 1.165) is 12.1 Å². The second-order valence-electron chi connectivity index (χ2n) is 8.98. The highest BCUT2D eigenvalue weighted by atomic mass is 19.4. The number of carbonyl (C=O) groups is 3. The van der Waals surface area contributed by atoms with Crippen molar-refractivity contribution in [2.75, 3.05) is 13.1 Å². The molecule has 198 valence electrons. The Morgan fingerprint density at radius 3 is 2.16 bits per heavy atom. The molecule has 3 unspecified atom stereocenters. The van der Waals surface area contributed by atoms with Crippen LogP contribution in [0.25, 0.3) is 0 Å². The summed E-state index contributed by atoms with van der Waals surface area (Å²) in [5, 5.41) is 14.7. The van der Waals surface area contributed by atoms with Gasteiger partial charge in [0.15, 0.2) is 5.78 Å². The number of carboxylic acids is 1. The summed E-state index contributed by atoms with van der Waals surface area (Å²) < 4.78 is 44.8. The Kier molecular flexibility index (Phi) is 8.11. The first-order chi connectivity index (χ1) is 18.1. The maximum atomic E-state index is 13.2. The van der Waals surface area contributed by atoms with E-state index in [-0.39, 0.29) is 25.1 Å². The minimum absolute atomic E-state index is 0.129. The molecule has 1 amide bonds. The van der Waals surface area contributed by atoms with Gasteiger partial charge in [-0.25, -0.2) is 0 Å². The lowest BCUT2D eigenvalue weighted by Crippen LogP contribution is -2.35. The first-order valence-corrected chi connectivity index (χ1v) is 11.9. The molecule has 3 aromatic rings. The molecule has 0 aliphatic carbocycles. The van der Waals surface area contributed by atoms with Gasteiger partial charge in [0.2, 0.25) is 0 Å². The summed E-state index contributed by atoms with van der Waals surface area (Å²) in [4.78, 5) is 37.3. The van der Waals surface area contributed by atoms with E-state index in [2.05, 4.69) is 10.6 Å². The van der Waals surface area contributed by atoms with E-state index in [1.807, 2.05) is 18.2 Å². The zero-order valence-electron chi connectivity index (χ0n) is 20.1. The van der Waals surface area contributed by atoms with E-state index >= 15 is 0 Å². The molecule has 0 saturated carbocycles. The normalized spacial score (nSPS) is 18.0. The van der Waals surface area contributed by atoms with Crippen LogP contribution in [0.5, 0.6) is 11.5 Å². The molecular formula is C28H25F3N2O5. The molecule has 1 heterocycles. The van der Waals surface area contributed by atoms with E-state index in [0.29, 0.717) is 17.1 Å². The molecule has 7 nitrogen and oxygen atoms in total. The largest absolute Gasteiger partial charge is 0.480 e. The number of ether oxygens (including phenoxy) is 1. The minimum Gasteiger partial charge on any atom is -0.480 e.